The molecule has 2 rings (SSSR count). The summed E-state index contributed by atoms with van der Waals surface area (Å²) in [5, 5.41) is 0. The van der Waals surface area contributed by atoms with Gasteiger partial charge in [0.25, 0.3) is 0 Å². The molecule has 0 fully saturated rings. The maximum absolute atomic E-state index is 6.12. The maximum Gasteiger partial charge on any atom is 0.126 e. The van der Waals surface area contributed by atoms with Crippen molar-refractivity contribution < 1.29 is 4.74 Å². The zero-order chi connectivity index (χ0) is 14.2. The number of aromatic nitrogens is 2. The Kier molecular flexibility index (Phi) is 3.65. The van der Waals surface area contributed by atoms with Crippen LogP contribution >= 0.6 is 0 Å². The van der Waals surface area contributed by atoms with E-state index in [9.17, 15) is 0 Å². The van der Waals surface area contributed by atoms with Crippen molar-refractivity contribution in [3.05, 3.63) is 29.6 Å². The third kappa shape index (κ3) is 2.80. The topological polar surface area (TPSA) is 63.9 Å². The predicted octanol–water partition coefficient (Wildman–Crippen LogP) is 2.90. The highest BCUT2D eigenvalue weighted by atomic mass is 16.5. The molecule has 1 heterocycles. The molecule has 0 aliphatic rings. The van der Waals surface area contributed by atoms with Crippen LogP contribution in [0.1, 0.15) is 45.1 Å². The number of imidazole rings is 1. The highest BCUT2D eigenvalue weighted by Gasteiger charge is 2.19. The largest absolute Gasteiger partial charge is 0.380 e. The second-order valence-corrected chi connectivity index (χ2v) is 6.07. The number of H-pyrrole nitrogens is 1. The summed E-state index contributed by atoms with van der Waals surface area (Å²) in [6.07, 6.45) is -0.0670. The second kappa shape index (κ2) is 4.94. The molecule has 1 aromatic heterocycles. The molecule has 0 spiro atoms. The lowest BCUT2D eigenvalue weighted by Crippen LogP contribution is -2.26. The summed E-state index contributed by atoms with van der Waals surface area (Å²) in [6, 6.07) is 6.07. The molecule has 4 heteroatoms. The van der Waals surface area contributed by atoms with Crippen molar-refractivity contribution in [2.75, 3.05) is 7.11 Å². The van der Waals surface area contributed by atoms with Gasteiger partial charge in [0.15, 0.2) is 0 Å². The van der Waals surface area contributed by atoms with Crippen LogP contribution in [0.25, 0.3) is 11.0 Å². The normalized spacial score (nSPS) is 15.7. The lowest BCUT2D eigenvalue weighted by Gasteiger charge is -2.18. The van der Waals surface area contributed by atoms with Gasteiger partial charge >= 0.3 is 0 Å². The summed E-state index contributed by atoms with van der Waals surface area (Å²) in [6.45, 7) is 8.54. The van der Waals surface area contributed by atoms with E-state index in [2.05, 4.69) is 42.9 Å². The van der Waals surface area contributed by atoms with Crippen molar-refractivity contribution in [3.63, 3.8) is 0 Å². The number of methoxy groups -OCH3 is 1. The third-order valence-corrected chi connectivity index (χ3v) is 3.56. The smallest absolute Gasteiger partial charge is 0.126 e. The third-order valence-electron chi connectivity index (χ3n) is 3.56. The lowest BCUT2D eigenvalue weighted by molar-refractivity contribution is 0.0935. The van der Waals surface area contributed by atoms with Crippen LogP contribution in [0, 0.1) is 0 Å². The first-order chi connectivity index (χ1) is 8.82. The van der Waals surface area contributed by atoms with Crippen molar-refractivity contribution in [1.82, 2.24) is 9.97 Å². The van der Waals surface area contributed by atoms with E-state index in [-0.39, 0.29) is 17.6 Å². The van der Waals surface area contributed by atoms with Crippen LogP contribution in [0.15, 0.2) is 18.2 Å². The van der Waals surface area contributed by atoms with Crippen molar-refractivity contribution in [1.29, 1.82) is 0 Å². The van der Waals surface area contributed by atoms with Gasteiger partial charge in [-0.3, -0.25) is 0 Å². The van der Waals surface area contributed by atoms with Crippen LogP contribution in [0.5, 0.6) is 0 Å². The van der Waals surface area contributed by atoms with Crippen LogP contribution in [0.2, 0.25) is 0 Å². The van der Waals surface area contributed by atoms with Gasteiger partial charge in [-0.05, 0) is 30.0 Å². The van der Waals surface area contributed by atoms with Crippen LogP contribution in [-0.4, -0.2) is 23.2 Å². The van der Waals surface area contributed by atoms with Crippen molar-refractivity contribution in [2.24, 2.45) is 5.73 Å². The Bertz CT molecular complexity index is 568. The van der Waals surface area contributed by atoms with E-state index in [4.69, 9.17) is 10.5 Å². The summed E-state index contributed by atoms with van der Waals surface area (Å²) < 4.78 is 5.26. The molecule has 4 nitrogen and oxygen atoms in total. The molecule has 19 heavy (non-hydrogen) atoms. The molecule has 3 N–H and O–H groups in total. The van der Waals surface area contributed by atoms with Gasteiger partial charge in [-0.1, -0.05) is 26.8 Å². The van der Waals surface area contributed by atoms with Gasteiger partial charge in [0, 0.05) is 7.11 Å². The van der Waals surface area contributed by atoms with Crippen molar-refractivity contribution in [3.8, 4) is 0 Å². The molecule has 104 valence electrons. The highest BCUT2D eigenvalue weighted by molar-refractivity contribution is 5.76. The van der Waals surface area contributed by atoms with E-state index < -0.39 is 0 Å². The number of hydrogen-bond acceptors (Lipinski definition) is 3. The first-order valence-electron chi connectivity index (χ1n) is 6.61. The molecule has 1 aromatic carbocycles. The maximum atomic E-state index is 6.12. The van der Waals surface area contributed by atoms with Gasteiger partial charge < -0.3 is 15.5 Å². The van der Waals surface area contributed by atoms with E-state index >= 15 is 0 Å². The highest BCUT2D eigenvalue weighted by Crippen LogP contribution is 2.26. The van der Waals surface area contributed by atoms with Gasteiger partial charge in [0.2, 0.25) is 0 Å². The minimum absolute atomic E-state index is 0.0670. The number of nitrogens with one attached hydrogen (secondary N) is 1. The van der Waals surface area contributed by atoms with E-state index in [1.807, 2.05) is 13.0 Å². The first-order valence-corrected chi connectivity index (χ1v) is 6.61. The van der Waals surface area contributed by atoms with Crippen molar-refractivity contribution in [2.45, 2.75) is 45.3 Å². The average Bonchev–Trinajstić information content (AvgIpc) is 2.78. The fourth-order valence-corrected chi connectivity index (χ4v) is 2.02. The predicted molar refractivity (Wildman–Crippen MR) is 78.2 cm³/mol. The van der Waals surface area contributed by atoms with E-state index in [0.29, 0.717) is 0 Å². The van der Waals surface area contributed by atoms with Gasteiger partial charge in [0.05, 0.1) is 23.2 Å². The zero-order valence-electron chi connectivity index (χ0n) is 12.3. The lowest BCUT2D eigenvalue weighted by atomic mass is 9.87. The average molecular weight is 261 g/mol. The van der Waals surface area contributed by atoms with Crippen LogP contribution in [0.3, 0.4) is 0 Å². The molecule has 0 radical (unpaired) electrons. The van der Waals surface area contributed by atoms with Gasteiger partial charge in [-0.15, -0.1) is 0 Å². The Morgan fingerprint density at radius 3 is 2.58 bits per heavy atom. The summed E-state index contributed by atoms with van der Waals surface area (Å²) in [5.41, 5.74) is 9.50. The van der Waals surface area contributed by atoms with Gasteiger partial charge in [0.1, 0.15) is 5.82 Å². The van der Waals surface area contributed by atoms with Crippen LogP contribution in [0.4, 0.5) is 0 Å². The Hall–Kier alpha value is -1.39. The molecule has 0 saturated heterocycles. The summed E-state index contributed by atoms with van der Waals surface area (Å²) in [4.78, 5) is 7.85. The number of nitrogens with two attached hydrogens (primary N) is 1. The zero-order valence-corrected chi connectivity index (χ0v) is 12.3. The number of ether oxygens (including phenoxy) is 1. The molecular formula is C15H23N3O. The Morgan fingerprint density at radius 2 is 2.00 bits per heavy atom. The number of fused-ring (bicyclic) bond motifs is 1. The molecule has 0 aliphatic carbocycles. The fraction of sp³-hybridized carbons (Fsp3) is 0.533. The minimum Gasteiger partial charge on any atom is -0.380 e. The number of rotatable bonds is 3. The van der Waals surface area contributed by atoms with E-state index in [1.54, 1.807) is 7.11 Å². The SMILES string of the molecule is COC(C)C(N)c1nc2ccc(C(C)(C)C)cc2[nH]1. The Balaban J connectivity index is 2.41. The van der Waals surface area contributed by atoms with Crippen molar-refractivity contribution >= 4 is 11.0 Å². The quantitative estimate of drug-likeness (QED) is 0.893. The molecule has 0 bridgehead atoms. The van der Waals surface area contributed by atoms with Gasteiger partial charge in [-0.2, -0.15) is 0 Å². The number of aromatic amines is 1. The minimum atomic E-state index is -0.240. The van der Waals surface area contributed by atoms with E-state index in [1.165, 1.54) is 5.56 Å². The molecule has 2 aromatic rings. The Morgan fingerprint density at radius 1 is 1.32 bits per heavy atom. The summed E-state index contributed by atoms with van der Waals surface area (Å²) in [5.74, 6) is 0.774. The number of benzene rings is 1. The van der Waals surface area contributed by atoms with Crippen LogP contribution in [-0.2, 0) is 10.2 Å². The molecule has 2 atom stereocenters. The van der Waals surface area contributed by atoms with E-state index in [0.717, 1.165) is 16.9 Å². The molecular weight excluding hydrogens is 238 g/mol. The first kappa shape index (κ1) is 14.0. The molecule has 0 amide bonds. The second-order valence-electron chi connectivity index (χ2n) is 6.07. The monoisotopic (exact) mass is 261 g/mol. The Labute approximate surface area is 114 Å². The summed E-state index contributed by atoms with van der Waals surface area (Å²) in [7, 11) is 1.66. The molecule has 0 saturated carbocycles. The van der Waals surface area contributed by atoms with Crippen LogP contribution < -0.4 is 5.73 Å². The number of hydrogen-bond donors (Lipinski definition) is 2. The summed E-state index contributed by atoms with van der Waals surface area (Å²) >= 11 is 0. The molecule has 0 aliphatic heterocycles. The fourth-order valence-electron chi connectivity index (χ4n) is 2.02. The van der Waals surface area contributed by atoms with Gasteiger partial charge in [-0.25, -0.2) is 4.98 Å². The molecule has 2 unspecified atom stereocenters. The number of nitrogens with zero attached hydrogens (tertiary/aromatic N) is 1. The standard InChI is InChI=1S/C15H23N3O/c1-9(19-5)13(16)14-17-11-7-6-10(15(2,3)4)8-12(11)18-14/h6-9,13H,16H2,1-5H3,(H,17,18).